The van der Waals surface area contributed by atoms with Crippen molar-refractivity contribution in [3.8, 4) is 5.75 Å². The molecule has 0 aromatic heterocycles. The van der Waals surface area contributed by atoms with Crippen molar-refractivity contribution in [1.29, 1.82) is 0 Å². The number of halogens is 2. The number of benzene rings is 1. The highest BCUT2D eigenvalue weighted by Gasteiger charge is 2.32. The minimum Gasteiger partial charge on any atom is -0.486 e. The monoisotopic (exact) mass is 506 g/mol. The van der Waals surface area contributed by atoms with Crippen LogP contribution in [0.1, 0.15) is 26.7 Å². The van der Waals surface area contributed by atoms with Gasteiger partial charge in [0.15, 0.2) is 17.5 Å². The van der Waals surface area contributed by atoms with Crippen molar-refractivity contribution in [3.63, 3.8) is 0 Å². The second kappa shape index (κ2) is 11.8. The van der Waals surface area contributed by atoms with E-state index < -0.39 is 0 Å². The summed E-state index contributed by atoms with van der Waals surface area (Å²) in [6, 6.07) is 7.04. The highest BCUT2D eigenvalue weighted by molar-refractivity contribution is 14.0. The average molecular weight is 506 g/mol. The zero-order valence-corrected chi connectivity index (χ0v) is 19.0. The zero-order valence-electron chi connectivity index (χ0n) is 16.7. The minimum absolute atomic E-state index is 0. The molecule has 2 heterocycles. The van der Waals surface area contributed by atoms with Crippen molar-refractivity contribution in [2.24, 2.45) is 4.99 Å². The van der Waals surface area contributed by atoms with E-state index >= 15 is 0 Å². The maximum absolute atomic E-state index is 13.7. The third-order valence-corrected chi connectivity index (χ3v) is 4.97. The Morgan fingerprint density at radius 3 is 3.00 bits per heavy atom. The van der Waals surface area contributed by atoms with Crippen molar-refractivity contribution in [3.05, 3.63) is 30.1 Å². The number of aliphatic imine (C=N–C) groups is 1. The largest absolute Gasteiger partial charge is 0.486 e. The SMILES string of the molecule is CCNC(=NCC(C)Oc1ccccc1F)NCC1CN2CCCC2CO1.I. The molecule has 2 aliphatic heterocycles. The lowest BCUT2D eigenvalue weighted by atomic mass is 10.2. The van der Waals surface area contributed by atoms with Crippen LogP contribution in [0.15, 0.2) is 29.3 Å². The molecule has 3 atom stereocenters. The van der Waals surface area contributed by atoms with Gasteiger partial charge in [-0.1, -0.05) is 12.1 Å². The Balaban J connectivity index is 0.00000280. The third-order valence-electron chi connectivity index (χ3n) is 4.97. The number of para-hydroxylation sites is 1. The minimum atomic E-state index is -0.354. The molecular formula is C20H32FIN4O2. The average Bonchev–Trinajstić information content (AvgIpc) is 3.13. The van der Waals surface area contributed by atoms with Crippen LogP contribution in [-0.4, -0.2) is 68.4 Å². The summed E-state index contributed by atoms with van der Waals surface area (Å²) in [7, 11) is 0. The smallest absolute Gasteiger partial charge is 0.191 e. The van der Waals surface area contributed by atoms with Crippen LogP contribution in [0.4, 0.5) is 4.39 Å². The number of nitrogens with one attached hydrogen (secondary N) is 2. The second-order valence-electron chi connectivity index (χ2n) is 7.21. The van der Waals surface area contributed by atoms with Gasteiger partial charge in [0.25, 0.3) is 0 Å². The molecule has 0 saturated carbocycles. The number of fused-ring (bicyclic) bond motifs is 1. The summed E-state index contributed by atoms with van der Waals surface area (Å²) in [6.07, 6.45) is 2.48. The predicted molar refractivity (Wildman–Crippen MR) is 120 cm³/mol. The summed E-state index contributed by atoms with van der Waals surface area (Å²) in [4.78, 5) is 7.10. The number of morpholine rings is 1. The fourth-order valence-corrected chi connectivity index (χ4v) is 3.58. The molecule has 2 N–H and O–H groups in total. The lowest BCUT2D eigenvalue weighted by molar-refractivity contribution is -0.0453. The standard InChI is InChI=1S/C20H31FN4O2.HI/c1-3-22-20(23-11-15(2)27-19-9-5-4-8-18(19)21)24-12-17-13-25-10-6-7-16(25)14-26-17;/h4-5,8-9,15-17H,3,6-7,10-14H2,1-2H3,(H2,22,23,24);1H. The summed E-state index contributed by atoms with van der Waals surface area (Å²) >= 11 is 0. The molecular weight excluding hydrogens is 474 g/mol. The first-order valence-corrected chi connectivity index (χ1v) is 9.94. The van der Waals surface area contributed by atoms with E-state index in [1.165, 1.54) is 25.5 Å². The van der Waals surface area contributed by atoms with Gasteiger partial charge in [0.2, 0.25) is 0 Å². The molecule has 0 spiro atoms. The zero-order chi connectivity index (χ0) is 19.1. The van der Waals surface area contributed by atoms with E-state index in [9.17, 15) is 4.39 Å². The van der Waals surface area contributed by atoms with Crippen LogP contribution in [0.25, 0.3) is 0 Å². The molecule has 2 aliphatic rings. The van der Waals surface area contributed by atoms with Gasteiger partial charge in [0.1, 0.15) is 6.10 Å². The molecule has 6 nitrogen and oxygen atoms in total. The van der Waals surface area contributed by atoms with Crippen molar-refractivity contribution in [2.75, 3.05) is 39.3 Å². The van der Waals surface area contributed by atoms with Crippen LogP contribution in [-0.2, 0) is 4.74 Å². The molecule has 3 rings (SSSR count). The Morgan fingerprint density at radius 2 is 2.21 bits per heavy atom. The molecule has 0 aliphatic carbocycles. The Labute approximate surface area is 184 Å². The maximum atomic E-state index is 13.7. The van der Waals surface area contributed by atoms with E-state index in [0.29, 0.717) is 12.6 Å². The summed E-state index contributed by atoms with van der Waals surface area (Å²) in [5.74, 6) is 0.635. The Hall–Kier alpha value is -1.13. The van der Waals surface area contributed by atoms with Crippen LogP contribution in [0.2, 0.25) is 0 Å². The van der Waals surface area contributed by atoms with Crippen LogP contribution in [0.5, 0.6) is 5.75 Å². The maximum Gasteiger partial charge on any atom is 0.191 e. The number of hydrogen-bond donors (Lipinski definition) is 2. The molecule has 0 radical (unpaired) electrons. The van der Waals surface area contributed by atoms with E-state index in [4.69, 9.17) is 9.47 Å². The van der Waals surface area contributed by atoms with Gasteiger partial charge in [-0.2, -0.15) is 0 Å². The fourth-order valence-electron chi connectivity index (χ4n) is 3.58. The summed E-state index contributed by atoms with van der Waals surface area (Å²) in [6.45, 7) is 8.83. The van der Waals surface area contributed by atoms with Gasteiger partial charge in [-0.3, -0.25) is 4.90 Å². The molecule has 1 aromatic carbocycles. The first-order chi connectivity index (χ1) is 13.2. The molecule has 28 heavy (non-hydrogen) atoms. The Morgan fingerprint density at radius 1 is 1.39 bits per heavy atom. The van der Waals surface area contributed by atoms with Crippen LogP contribution in [0, 0.1) is 5.82 Å². The highest BCUT2D eigenvalue weighted by Crippen LogP contribution is 2.22. The number of nitrogens with zero attached hydrogens (tertiary/aromatic N) is 2. The van der Waals surface area contributed by atoms with Crippen molar-refractivity contribution in [1.82, 2.24) is 15.5 Å². The molecule has 0 bridgehead atoms. The first-order valence-electron chi connectivity index (χ1n) is 9.94. The van der Waals surface area contributed by atoms with Crippen LogP contribution < -0.4 is 15.4 Å². The number of rotatable bonds is 7. The van der Waals surface area contributed by atoms with Gasteiger partial charge in [-0.15, -0.1) is 24.0 Å². The van der Waals surface area contributed by atoms with Crippen molar-refractivity contribution < 1.29 is 13.9 Å². The third kappa shape index (κ3) is 6.73. The number of ether oxygens (including phenoxy) is 2. The van der Waals surface area contributed by atoms with Gasteiger partial charge >= 0.3 is 0 Å². The number of guanidine groups is 1. The normalized spacial score (nSPS) is 23.5. The lowest BCUT2D eigenvalue weighted by Crippen LogP contribution is -2.51. The second-order valence-corrected chi connectivity index (χ2v) is 7.21. The first kappa shape index (κ1) is 23.2. The van der Waals surface area contributed by atoms with Gasteiger partial charge in [0, 0.05) is 25.7 Å². The van der Waals surface area contributed by atoms with E-state index in [2.05, 4.69) is 20.5 Å². The van der Waals surface area contributed by atoms with E-state index in [0.717, 1.165) is 32.2 Å². The molecule has 2 fully saturated rings. The van der Waals surface area contributed by atoms with Crippen molar-refractivity contribution in [2.45, 2.75) is 44.9 Å². The van der Waals surface area contributed by atoms with Crippen molar-refractivity contribution >= 4 is 29.9 Å². The Bertz CT molecular complexity index is 634. The van der Waals surface area contributed by atoms with E-state index in [1.54, 1.807) is 18.2 Å². The summed E-state index contributed by atoms with van der Waals surface area (Å²) < 4.78 is 25.3. The molecule has 1 aromatic rings. The fraction of sp³-hybridized carbons (Fsp3) is 0.650. The van der Waals surface area contributed by atoms with Gasteiger partial charge in [-0.25, -0.2) is 9.38 Å². The summed E-state index contributed by atoms with van der Waals surface area (Å²) in [5.41, 5.74) is 0. The highest BCUT2D eigenvalue weighted by atomic mass is 127. The lowest BCUT2D eigenvalue weighted by Gasteiger charge is -2.35. The van der Waals surface area contributed by atoms with Gasteiger partial charge in [-0.05, 0) is 45.4 Å². The summed E-state index contributed by atoms with van der Waals surface area (Å²) in [5, 5.41) is 6.60. The van der Waals surface area contributed by atoms with Crippen LogP contribution in [0.3, 0.4) is 0 Å². The quantitative estimate of drug-likeness (QED) is 0.339. The molecule has 158 valence electrons. The molecule has 2 saturated heterocycles. The molecule has 0 amide bonds. The van der Waals surface area contributed by atoms with E-state index in [1.807, 2.05) is 13.8 Å². The number of hydrogen-bond acceptors (Lipinski definition) is 4. The van der Waals surface area contributed by atoms with Gasteiger partial charge < -0.3 is 20.1 Å². The topological polar surface area (TPSA) is 58.1 Å². The molecule has 8 heteroatoms. The van der Waals surface area contributed by atoms with E-state index in [-0.39, 0.29) is 47.8 Å². The van der Waals surface area contributed by atoms with Gasteiger partial charge in [0.05, 0.1) is 19.3 Å². The predicted octanol–water partition coefficient (Wildman–Crippen LogP) is 2.63. The Kier molecular flexibility index (Phi) is 9.73. The van der Waals surface area contributed by atoms with Crippen LogP contribution >= 0.6 is 24.0 Å². The molecule has 3 unspecified atom stereocenters.